The number of aromatic nitrogens is 2. The second kappa shape index (κ2) is 6.78. The second-order valence-corrected chi connectivity index (χ2v) is 7.57. The van der Waals surface area contributed by atoms with Crippen LogP contribution < -0.4 is 15.9 Å². The summed E-state index contributed by atoms with van der Waals surface area (Å²) in [6, 6.07) is 4.08. The zero-order chi connectivity index (χ0) is 20.9. The molecule has 2 aliphatic rings. The first-order valence-electron chi connectivity index (χ1n) is 9.35. The molecule has 8 nitrogen and oxygen atoms in total. The third-order valence-corrected chi connectivity index (χ3v) is 5.78. The summed E-state index contributed by atoms with van der Waals surface area (Å²) in [7, 11) is 1.55. The number of hydrogen-bond donors (Lipinski definition) is 1. The predicted molar refractivity (Wildman–Crippen MR) is 99.9 cm³/mol. The molecule has 2 unspecified atom stereocenters. The van der Waals surface area contributed by atoms with E-state index < -0.39 is 36.0 Å². The maximum absolute atomic E-state index is 14.2. The smallest absolute Gasteiger partial charge is 0.329 e. The molecule has 0 saturated carbocycles. The van der Waals surface area contributed by atoms with Crippen LogP contribution in [0.1, 0.15) is 25.3 Å². The molecule has 3 heterocycles. The van der Waals surface area contributed by atoms with E-state index in [9.17, 15) is 28.0 Å². The Bertz CT molecular complexity index is 1070. The fourth-order valence-electron chi connectivity index (χ4n) is 4.12. The average Bonchev–Trinajstić information content (AvgIpc) is 2.92. The van der Waals surface area contributed by atoms with Gasteiger partial charge in [0.15, 0.2) is 0 Å². The van der Waals surface area contributed by atoms with Gasteiger partial charge < -0.3 is 9.69 Å². The molecule has 2 atom stereocenters. The van der Waals surface area contributed by atoms with Crippen LogP contribution in [-0.2, 0) is 21.4 Å². The van der Waals surface area contributed by atoms with Gasteiger partial charge >= 0.3 is 5.69 Å². The molecule has 1 N–H and O–H groups in total. The monoisotopic (exact) mass is 406 g/mol. The van der Waals surface area contributed by atoms with Crippen molar-refractivity contribution >= 4 is 34.8 Å². The Morgan fingerprint density at radius 3 is 2.59 bits per heavy atom. The van der Waals surface area contributed by atoms with Crippen LogP contribution in [-0.4, -0.2) is 46.2 Å². The van der Waals surface area contributed by atoms with Crippen molar-refractivity contribution in [1.29, 1.82) is 0 Å². The summed E-state index contributed by atoms with van der Waals surface area (Å²) in [6.07, 6.45) is 0.712. The number of imide groups is 1. The van der Waals surface area contributed by atoms with Crippen LogP contribution in [0, 0.1) is 5.92 Å². The highest BCUT2D eigenvalue weighted by Gasteiger charge is 2.44. The lowest BCUT2D eigenvalue weighted by Gasteiger charge is -2.37. The van der Waals surface area contributed by atoms with Crippen LogP contribution in [0.25, 0.3) is 11.0 Å². The number of carbonyl (C=O) groups is 3. The molecule has 10 heteroatoms. The Morgan fingerprint density at radius 2 is 1.93 bits per heavy atom. The van der Waals surface area contributed by atoms with Crippen molar-refractivity contribution in [1.82, 2.24) is 14.5 Å². The van der Waals surface area contributed by atoms with Crippen LogP contribution in [0.15, 0.2) is 23.0 Å². The molecular weight excluding hydrogens is 386 g/mol. The third-order valence-electron chi connectivity index (χ3n) is 5.78. The highest BCUT2D eigenvalue weighted by atomic mass is 19.3. The first kappa shape index (κ1) is 19.3. The number of amides is 2. The van der Waals surface area contributed by atoms with Gasteiger partial charge in [0.25, 0.3) is 5.92 Å². The number of anilines is 1. The average molecular weight is 406 g/mol. The number of aldehydes is 1. The quantitative estimate of drug-likeness (QED) is 0.606. The van der Waals surface area contributed by atoms with Crippen molar-refractivity contribution in [3.8, 4) is 0 Å². The number of benzene rings is 1. The number of hydrogen-bond acceptors (Lipinski definition) is 5. The number of imidazole rings is 1. The van der Waals surface area contributed by atoms with Gasteiger partial charge in [-0.15, -0.1) is 0 Å². The summed E-state index contributed by atoms with van der Waals surface area (Å²) in [6.45, 7) is -0.282. The van der Waals surface area contributed by atoms with Gasteiger partial charge in [-0.2, -0.15) is 0 Å². The van der Waals surface area contributed by atoms with Crippen molar-refractivity contribution in [2.45, 2.75) is 31.2 Å². The number of nitrogens with one attached hydrogen (secondary N) is 1. The molecule has 0 spiro atoms. The lowest BCUT2D eigenvalue weighted by molar-refractivity contribution is -0.135. The molecule has 2 aromatic rings. The lowest BCUT2D eigenvalue weighted by atomic mass is 9.94. The van der Waals surface area contributed by atoms with Gasteiger partial charge in [-0.3, -0.25) is 24.0 Å². The molecular formula is C19H20F2N4O4. The number of fused-ring (bicyclic) bond motifs is 1. The van der Waals surface area contributed by atoms with Crippen LogP contribution >= 0.6 is 0 Å². The molecule has 0 aliphatic carbocycles. The molecule has 2 saturated heterocycles. The van der Waals surface area contributed by atoms with Gasteiger partial charge in [-0.1, -0.05) is 0 Å². The maximum Gasteiger partial charge on any atom is 0.329 e. The number of aryl methyl sites for hydroxylation is 1. The van der Waals surface area contributed by atoms with E-state index in [1.54, 1.807) is 25.2 Å². The van der Waals surface area contributed by atoms with Gasteiger partial charge in [0.05, 0.1) is 23.5 Å². The molecule has 2 fully saturated rings. The zero-order valence-electron chi connectivity index (χ0n) is 15.7. The molecule has 1 aromatic heterocycles. The Kier molecular flexibility index (Phi) is 4.51. The third kappa shape index (κ3) is 3.12. The van der Waals surface area contributed by atoms with Gasteiger partial charge in [0.1, 0.15) is 12.3 Å². The molecule has 4 rings (SSSR count). The molecule has 0 radical (unpaired) electrons. The molecule has 1 aromatic carbocycles. The Morgan fingerprint density at radius 1 is 1.17 bits per heavy atom. The SMILES string of the molecule is Cn1c(=O)n(C2CCC(=O)NC2=O)c2ccc(N3CCC(C=O)C(F)(F)C3)cc21. The molecule has 2 aliphatic heterocycles. The van der Waals surface area contributed by atoms with Crippen LogP contribution in [0.5, 0.6) is 0 Å². The fraction of sp³-hybridized carbons (Fsp3) is 0.474. The van der Waals surface area contributed by atoms with E-state index in [2.05, 4.69) is 5.32 Å². The molecule has 154 valence electrons. The van der Waals surface area contributed by atoms with Crippen LogP contribution in [0.4, 0.5) is 14.5 Å². The molecule has 2 amide bonds. The number of carbonyl (C=O) groups excluding carboxylic acids is 3. The van der Waals surface area contributed by atoms with Crippen LogP contribution in [0.2, 0.25) is 0 Å². The van der Waals surface area contributed by atoms with E-state index in [0.717, 1.165) is 0 Å². The van der Waals surface area contributed by atoms with Gasteiger partial charge in [0.2, 0.25) is 11.8 Å². The number of piperidine rings is 2. The van der Waals surface area contributed by atoms with Crippen molar-refractivity contribution in [2.75, 3.05) is 18.0 Å². The van der Waals surface area contributed by atoms with Crippen molar-refractivity contribution in [3.63, 3.8) is 0 Å². The Labute approximate surface area is 164 Å². The number of alkyl halides is 2. The standard InChI is InChI=1S/C19H20F2N4O4/c1-23-15-8-12(24-7-6-11(9-26)19(20,21)10-24)2-3-13(15)25(18(23)29)14-4-5-16(27)22-17(14)28/h2-3,8-9,11,14H,4-7,10H2,1H3,(H,22,27,28). The van der Waals surface area contributed by atoms with Gasteiger partial charge in [0, 0.05) is 25.7 Å². The topological polar surface area (TPSA) is 93.4 Å². The maximum atomic E-state index is 14.2. The predicted octanol–water partition coefficient (Wildman–Crippen LogP) is 0.978. The first-order chi connectivity index (χ1) is 13.7. The van der Waals surface area contributed by atoms with E-state index >= 15 is 0 Å². The van der Waals surface area contributed by atoms with Crippen LogP contribution in [0.3, 0.4) is 0 Å². The van der Waals surface area contributed by atoms with E-state index in [1.807, 2.05) is 0 Å². The highest BCUT2D eigenvalue weighted by molar-refractivity contribution is 6.00. The number of nitrogens with zero attached hydrogens (tertiary/aromatic N) is 3. The Balaban J connectivity index is 1.72. The highest BCUT2D eigenvalue weighted by Crippen LogP contribution is 2.35. The Hall–Kier alpha value is -3.04. The minimum atomic E-state index is -3.13. The van der Waals surface area contributed by atoms with E-state index in [-0.39, 0.29) is 25.2 Å². The number of halogens is 2. The van der Waals surface area contributed by atoms with Crippen molar-refractivity contribution in [3.05, 3.63) is 28.7 Å². The first-order valence-corrected chi connectivity index (χ1v) is 9.35. The minimum absolute atomic E-state index is 0.0464. The normalized spacial score (nSPS) is 24.6. The van der Waals surface area contributed by atoms with Gasteiger partial charge in [-0.05, 0) is 31.0 Å². The summed E-state index contributed by atoms with van der Waals surface area (Å²) in [5.41, 5.74) is 1.08. The largest absolute Gasteiger partial charge is 0.365 e. The van der Waals surface area contributed by atoms with Gasteiger partial charge in [-0.25, -0.2) is 13.6 Å². The molecule has 29 heavy (non-hydrogen) atoms. The summed E-state index contributed by atoms with van der Waals surface area (Å²) in [4.78, 5) is 48.8. The summed E-state index contributed by atoms with van der Waals surface area (Å²) < 4.78 is 31.1. The molecule has 0 bridgehead atoms. The summed E-state index contributed by atoms with van der Waals surface area (Å²) in [5, 5.41) is 2.24. The van der Waals surface area contributed by atoms with E-state index in [4.69, 9.17) is 0 Å². The van der Waals surface area contributed by atoms with E-state index in [0.29, 0.717) is 29.6 Å². The van der Waals surface area contributed by atoms with E-state index in [1.165, 1.54) is 14.0 Å². The number of rotatable bonds is 3. The minimum Gasteiger partial charge on any atom is -0.365 e. The zero-order valence-corrected chi connectivity index (χ0v) is 15.7. The summed E-state index contributed by atoms with van der Waals surface area (Å²) in [5.74, 6) is -5.32. The lowest BCUT2D eigenvalue weighted by Crippen LogP contribution is -2.49. The summed E-state index contributed by atoms with van der Waals surface area (Å²) >= 11 is 0. The van der Waals surface area contributed by atoms with Crippen molar-refractivity contribution in [2.24, 2.45) is 13.0 Å². The fourth-order valence-corrected chi connectivity index (χ4v) is 4.12. The second-order valence-electron chi connectivity index (χ2n) is 7.57. The van der Waals surface area contributed by atoms with Crippen molar-refractivity contribution < 1.29 is 23.2 Å².